The van der Waals surface area contributed by atoms with Gasteiger partial charge in [0.1, 0.15) is 11.4 Å². The minimum atomic E-state index is -0.962. The van der Waals surface area contributed by atoms with E-state index in [2.05, 4.69) is 17.0 Å². The molecule has 6 heteroatoms. The number of piperidine rings is 2. The Bertz CT molecular complexity index is 1010. The van der Waals surface area contributed by atoms with E-state index in [1.54, 1.807) is 4.90 Å². The van der Waals surface area contributed by atoms with Gasteiger partial charge in [0, 0.05) is 25.2 Å². The number of nitrogens with zero attached hydrogens (tertiary/aromatic N) is 2. The fourth-order valence-corrected chi connectivity index (χ4v) is 6.14. The molecule has 1 amide bonds. The normalized spacial score (nSPS) is 23.1. The maximum atomic E-state index is 15.0. The minimum absolute atomic E-state index is 0.0157. The Kier molecular flexibility index (Phi) is 8.46. The first-order valence-corrected chi connectivity index (χ1v) is 14.2. The Morgan fingerprint density at radius 1 is 0.892 bits per heavy atom. The second-order valence-electron chi connectivity index (χ2n) is 11.4. The Hall–Kier alpha value is -2.44. The number of rotatable bonds is 7. The van der Waals surface area contributed by atoms with Gasteiger partial charge in [-0.3, -0.25) is 4.79 Å². The predicted octanol–water partition coefficient (Wildman–Crippen LogP) is 5.71. The van der Waals surface area contributed by atoms with E-state index in [1.165, 1.54) is 6.42 Å². The van der Waals surface area contributed by atoms with Crippen molar-refractivity contribution in [3.8, 4) is 16.9 Å². The molecule has 1 aliphatic carbocycles. The number of carbonyl (C=O) groups is 1. The van der Waals surface area contributed by atoms with E-state index in [0.29, 0.717) is 37.7 Å². The van der Waals surface area contributed by atoms with Crippen LogP contribution in [0.2, 0.25) is 0 Å². The van der Waals surface area contributed by atoms with Crippen LogP contribution >= 0.6 is 0 Å². The predicted molar refractivity (Wildman–Crippen MR) is 145 cm³/mol. The van der Waals surface area contributed by atoms with Crippen molar-refractivity contribution < 1.29 is 19.0 Å². The summed E-state index contributed by atoms with van der Waals surface area (Å²) in [6, 6.07) is 15.8. The number of carbonyl (C=O) groups excluding carboxylic acids is 1. The summed E-state index contributed by atoms with van der Waals surface area (Å²) in [5, 5.41) is 9.86. The van der Waals surface area contributed by atoms with Gasteiger partial charge in [-0.1, -0.05) is 43.5 Å². The van der Waals surface area contributed by atoms with Crippen molar-refractivity contribution in [1.29, 1.82) is 0 Å². The van der Waals surface area contributed by atoms with Gasteiger partial charge in [0.2, 0.25) is 0 Å². The number of amides is 1. The first-order valence-electron chi connectivity index (χ1n) is 14.2. The van der Waals surface area contributed by atoms with Crippen molar-refractivity contribution in [2.75, 3.05) is 39.3 Å². The summed E-state index contributed by atoms with van der Waals surface area (Å²) < 4.78 is 21.1. The van der Waals surface area contributed by atoms with Gasteiger partial charge in [0.25, 0.3) is 5.91 Å². The van der Waals surface area contributed by atoms with Crippen molar-refractivity contribution in [3.05, 3.63) is 54.1 Å². The highest BCUT2D eigenvalue weighted by Crippen LogP contribution is 2.33. The second-order valence-corrected chi connectivity index (χ2v) is 11.4. The Balaban J connectivity index is 1.07. The van der Waals surface area contributed by atoms with E-state index in [1.807, 2.05) is 36.4 Å². The van der Waals surface area contributed by atoms with E-state index < -0.39 is 11.8 Å². The molecule has 5 rings (SSSR count). The molecule has 0 radical (unpaired) electrons. The van der Waals surface area contributed by atoms with E-state index in [-0.39, 0.29) is 5.91 Å². The molecule has 1 atom stereocenters. The number of β-amino-alcohol motifs (C(OH)–C–C–N with tert-alkyl or cyclic N) is 1. The third-order valence-corrected chi connectivity index (χ3v) is 8.45. The smallest absolute Gasteiger partial charge is 0.253 e. The van der Waals surface area contributed by atoms with Crippen molar-refractivity contribution in [2.45, 2.75) is 69.6 Å². The quantitative estimate of drug-likeness (QED) is 0.520. The molecule has 2 heterocycles. The lowest BCUT2D eigenvalue weighted by Gasteiger charge is -2.38. The van der Waals surface area contributed by atoms with Crippen LogP contribution in [0.15, 0.2) is 48.5 Å². The lowest BCUT2D eigenvalue weighted by Crippen LogP contribution is -2.45. The number of aliphatic hydroxyl groups excluding tert-OH is 1. The van der Waals surface area contributed by atoms with E-state index in [0.717, 1.165) is 81.3 Å². The van der Waals surface area contributed by atoms with Crippen LogP contribution in [0.25, 0.3) is 11.1 Å². The summed E-state index contributed by atoms with van der Waals surface area (Å²) in [6.45, 7) is 4.37. The fourth-order valence-electron chi connectivity index (χ4n) is 6.14. The fraction of sp³-hybridized carbons (Fsp3) is 0.581. The zero-order chi connectivity index (χ0) is 25.7. The van der Waals surface area contributed by atoms with Crippen molar-refractivity contribution >= 4 is 5.91 Å². The SMILES string of the molecule is O=C(c1ccc(-c2ccc(OCC3CCN(CC4(F)CCCCC4)CC3)cc2)cc1)N1CCC[C@@H](O)C1. The molecule has 0 aromatic heterocycles. The third-order valence-electron chi connectivity index (χ3n) is 8.45. The van der Waals surface area contributed by atoms with Gasteiger partial charge in [-0.2, -0.15) is 0 Å². The molecular formula is C31H41FN2O3. The van der Waals surface area contributed by atoms with Gasteiger partial charge in [0.05, 0.1) is 12.7 Å². The van der Waals surface area contributed by atoms with Crippen LogP contribution in [0.5, 0.6) is 5.75 Å². The van der Waals surface area contributed by atoms with Gasteiger partial charge in [-0.25, -0.2) is 4.39 Å². The van der Waals surface area contributed by atoms with Gasteiger partial charge in [0.15, 0.2) is 0 Å². The molecule has 3 aliphatic rings. The summed E-state index contributed by atoms with van der Waals surface area (Å²) in [4.78, 5) is 16.8. The average molecular weight is 509 g/mol. The maximum Gasteiger partial charge on any atom is 0.253 e. The zero-order valence-electron chi connectivity index (χ0n) is 21.9. The molecule has 2 aliphatic heterocycles. The number of hydrogen-bond donors (Lipinski definition) is 1. The molecule has 0 spiro atoms. The van der Waals surface area contributed by atoms with Gasteiger partial charge < -0.3 is 19.6 Å². The number of halogens is 1. The maximum absolute atomic E-state index is 15.0. The average Bonchev–Trinajstić information content (AvgIpc) is 2.93. The number of ether oxygens (including phenoxy) is 1. The Morgan fingerprint density at radius 3 is 2.19 bits per heavy atom. The monoisotopic (exact) mass is 508 g/mol. The molecule has 1 N–H and O–H groups in total. The van der Waals surface area contributed by atoms with Gasteiger partial charge in [-0.15, -0.1) is 0 Å². The number of benzene rings is 2. The molecule has 5 nitrogen and oxygen atoms in total. The molecular weight excluding hydrogens is 467 g/mol. The summed E-state index contributed by atoms with van der Waals surface area (Å²) in [5.41, 5.74) is 1.83. The molecule has 1 saturated carbocycles. The van der Waals surface area contributed by atoms with Crippen molar-refractivity contribution in [3.63, 3.8) is 0 Å². The van der Waals surface area contributed by atoms with Crippen LogP contribution < -0.4 is 4.74 Å². The summed E-state index contributed by atoms with van der Waals surface area (Å²) >= 11 is 0. The van der Waals surface area contributed by atoms with Crippen LogP contribution in [-0.4, -0.2) is 71.9 Å². The third kappa shape index (κ3) is 6.91. The Morgan fingerprint density at radius 2 is 1.54 bits per heavy atom. The number of likely N-dealkylation sites (tertiary alicyclic amines) is 2. The van der Waals surface area contributed by atoms with Crippen LogP contribution in [0.3, 0.4) is 0 Å². The Labute approximate surface area is 220 Å². The molecule has 2 aromatic rings. The summed E-state index contributed by atoms with van der Waals surface area (Å²) in [7, 11) is 0. The molecule has 2 aromatic carbocycles. The van der Waals surface area contributed by atoms with Crippen molar-refractivity contribution in [2.24, 2.45) is 5.92 Å². The van der Waals surface area contributed by atoms with Gasteiger partial charge in [-0.05, 0) is 92.9 Å². The summed E-state index contributed by atoms with van der Waals surface area (Å²) in [6.07, 6.45) is 8.05. The van der Waals surface area contributed by atoms with Crippen LogP contribution in [0, 0.1) is 5.92 Å². The molecule has 3 fully saturated rings. The highest BCUT2D eigenvalue weighted by molar-refractivity contribution is 5.94. The van der Waals surface area contributed by atoms with Crippen LogP contribution in [-0.2, 0) is 0 Å². The highest BCUT2D eigenvalue weighted by atomic mass is 19.1. The second kappa shape index (κ2) is 12.0. The molecule has 2 saturated heterocycles. The minimum Gasteiger partial charge on any atom is -0.493 e. The standard InChI is InChI=1S/C31H41FN2O3/c32-31(16-2-1-3-17-31)23-33-19-14-24(15-20-33)22-37-29-12-10-26(11-13-29)25-6-8-27(9-7-25)30(36)34-18-4-5-28(35)21-34/h6-13,24,28,35H,1-5,14-23H2/t28-/m1/s1. The van der Waals surface area contributed by atoms with E-state index >= 15 is 4.39 Å². The van der Waals surface area contributed by atoms with Crippen molar-refractivity contribution in [1.82, 2.24) is 9.80 Å². The van der Waals surface area contributed by atoms with E-state index in [9.17, 15) is 9.90 Å². The summed E-state index contributed by atoms with van der Waals surface area (Å²) in [5.74, 6) is 1.37. The molecule has 37 heavy (non-hydrogen) atoms. The first kappa shape index (κ1) is 26.2. The van der Waals surface area contributed by atoms with Crippen LogP contribution in [0.1, 0.15) is 68.1 Å². The largest absolute Gasteiger partial charge is 0.493 e. The lowest BCUT2D eigenvalue weighted by molar-refractivity contribution is 0.0363. The zero-order valence-corrected chi connectivity index (χ0v) is 21.9. The lowest BCUT2D eigenvalue weighted by atomic mass is 9.85. The highest BCUT2D eigenvalue weighted by Gasteiger charge is 2.34. The number of hydrogen-bond acceptors (Lipinski definition) is 4. The number of aliphatic hydroxyl groups is 1. The topological polar surface area (TPSA) is 53.0 Å². The first-order chi connectivity index (χ1) is 18.0. The number of alkyl halides is 1. The van der Waals surface area contributed by atoms with Gasteiger partial charge >= 0.3 is 0 Å². The van der Waals surface area contributed by atoms with E-state index in [4.69, 9.17) is 4.74 Å². The molecule has 200 valence electrons. The van der Waals surface area contributed by atoms with Crippen LogP contribution in [0.4, 0.5) is 4.39 Å². The molecule has 0 bridgehead atoms. The molecule has 0 unspecified atom stereocenters.